The summed E-state index contributed by atoms with van der Waals surface area (Å²) in [6.45, 7) is 1.60. The molecule has 0 aliphatic heterocycles. The minimum atomic E-state index is -4.01. The molecule has 3 aromatic rings. The molecule has 0 atom stereocenters. The Morgan fingerprint density at radius 2 is 1.84 bits per heavy atom. The van der Waals surface area contributed by atoms with Crippen molar-refractivity contribution in [1.29, 1.82) is 0 Å². The third kappa shape index (κ3) is 5.11. The first kappa shape index (κ1) is 22.5. The summed E-state index contributed by atoms with van der Waals surface area (Å²) in [4.78, 5) is 20.6. The molecule has 166 valence electrons. The minimum absolute atomic E-state index is 0.0395. The summed E-state index contributed by atoms with van der Waals surface area (Å²) in [6, 6.07) is 8.36. The molecule has 2 aromatic heterocycles. The predicted molar refractivity (Wildman–Crippen MR) is 112 cm³/mol. The molecular formula is C18H20N4O7S2. The van der Waals surface area contributed by atoms with E-state index >= 15 is 0 Å². The van der Waals surface area contributed by atoms with Crippen LogP contribution in [-0.4, -0.2) is 56.3 Å². The largest absolute Gasteiger partial charge is 0.497 e. The Bertz CT molecular complexity index is 1380. The minimum Gasteiger partial charge on any atom is -0.497 e. The van der Waals surface area contributed by atoms with E-state index in [-0.39, 0.29) is 23.3 Å². The number of carbonyl (C=O) groups excluding carboxylic acids is 1. The molecule has 1 amide bonds. The van der Waals surface area contributed by atoms with Crippen LogP contribution in [0.25, 0.3) is 11.0 Å². The maximum absolute atomic E-state index is 12.7. The highest BCUT2D eigenvalue weighted by Crippen LogP contribution is 2.28. The Morgan fingerprint density at radius 1 is 1.13 bits per heavy atom. The van der Waals surface area contributed by atoms with Crippen LogP contribution in [0.1, 0.15) is 21.9 Å². The van der Waals surface area contributed by atoms with E-state index in [0.717, 1.165) is 22.0 Å². The van der Waals surface area contributed by atoms with Crippen molar-refractivity contribution in [3.8, 4) is 11.6 Å². The van der Waals surface area contributed by atoms with Gasteiger partial charge in [0.2, 0.25) is 21.7 Å². The standard InChI is InChI=1S/C18H20N4O7S2/c1-11-8-14-16(22(11)30(3,24)25)20-15(21-18(14)29-31(4,26)27)17(23)19-10-12-6-5-7-13(9-12)28-2/h5-9H,10H2,1-4H3,(H,19,23). The Hall–Kier alpha value is -3.19. The zero-order valence-corrected chi connectivity index (χ0v) is 18.7. The van der Waals surface area contributed by atoms with Gasteiger partial charge in [-0.3, -0.25) is 4.79 Å². The summed E-state index contributed by atoms with van der Waals surface area (Å²) < 4.78 is 58.7. The number of hydrogen-bond acceptors (Lipinski definition) is 9. The lowest BCUT2D eigenvalue weighted by atomic mass is 10.2. The van der Waals surface area contributed by atoms with Crippen molar-refractivity contribution in [3.63, 3.8) is 0 Å². The second-order valence-electron chi connectivity index (χ2n) is 6.72. The van der Waals surface area contributed by atoms with Gasteiger partial charge in [-0.05, 0) is 30.7 Å². The number of amides is 1. The summed E-state index contributed by atoms with van der Waals surface area (Å²) in [5.74, 6) is -1.03. The first-order valence-electron chi connectivity index (χ1n) is 8.80. The molecule has 11 nitrogen and oxygen atoms in total. The van der Waals surface area contributed by atoms with E-state index in [1.54, 1.807) is 24.3 Å². The van der Waals surface area contributed by atoms with Crippen LogP contribution in [0.15, 0.2) is 30.3 Å². The maximum Gasteiger partial charge on any atom is 0.307 e. The molecule has 13 heteroatoms. The predicted octanol–water partition coefficient (Wildman–Crippen LogP) is 0.824. The van der Waals surface area contributed by atoms with Crippen LogP contribution < -0.4 is 14.2 Å². The number of ether oxygens (including phenoxy) is 1. The van der Waals surface area contributed by atoms with Gasteiger partial charge in [0.1, 0.15) is 5.75 Å². The second kappa shape index (κ2) is 8.15. The molecule has 1 aromatic carbocycles. The lowest BCUT2D eigenvalue weighted by Crippen LogP contribution is -2.26. The van der Waals surface area contributed by atoms with Gasteiger partial charge in [-0.15, -0.1) is 0 Å². The number of benzene rings is 1. The van der Waals surface area contributed by atoms with Crippen LogP contribution in [-0.2, 0) is 26.7 Å². The number of rotatable bonds is 7. The fraction of sp³-hybridized carbons (Fsp3) is 0.278. The first-order chi connectivity index (χ1) is 14.4. The lowest BCUT2D eigenvalue weighted by Gasteiger charge is -2.09. The van der Waals surface area contributed by atoms with E-state index in [0.29, 0.717) is 5.75 Å². The molecule has 1 N–H and O–H groups in total. The molecule has 0 bridgehead atoms. The highest BCUT2D eigenvalue weighted by molar-refractivity contribution is 7.89. The van der Waals surface area contributed by atoms with Crippen molar-refractivity contribution in [2.24, 2.45) is 0 Å². The molecule has 0 fully saturated rings. The summed E-state index contributed by atoms with van der Waals surface area (Å²) in [7, 11) is -6.30. The van der Waals surface area contributed by atoms with Crippen molar-refractivity contribution in [1.82, 2.24) is 19.3 Å². The van der Waals surface area contributed by atoms with Gasteiger partial charge in [-0.2, -0.15) is 13.4 Å². The lowest BCUT2D eigenvalue weighted by molar-refractivity contribution is 0.0940. The molecule has 0 aliphatic rings. The number of aromatic nitrogens is 3. The summed E-state index contributed by atoms with van der Waals surface area (Å²) >= 11 is 0. The number of carbonyl (C=O) groups is 1. The van der Waals surface area contributed by atoms with Gasteiger partial charge in [-0.25, -0.2) is 17.4 Å². The number of nitrogens with one attached hydrogen (secondary N) is 1. The molecule has 2 heterocycles. The van der Waals surface area contributed by atoms with Crippen molar-refractivity contribution in [3.05, 3.63) is 47.4 Å². The smallest absolute Gasteiger partial charge is 0.307 e. The zero-order chi connectivity index (χ0) is 23.0. The quantitative estimate of drug-likeness (QED) is 0.498. The SMILES string of the molecule is COc1cccc(CNC(=O)c2nc(OS(C)(=O)=O)c3cc(C)n(S(C)(=O)=O)c3n2)c1. The van der Waals surface area contributed by atoms with Crippen LogP contribution in [0, 0.1) is 6.92 Å². The molecule has 0 saturated carbocycles. The van der Waals surface area contributed by atoms with Crippen molar-refractivity contribution in [2.45, 2.75) is 13.5 Å². The molecule has 0 aliphatic carbocycles. The first-order valence-corrected chi connectivity index (χ1v) is 12.5. The third-order valence-corrected chi connectivity index (χ3v) is 5.69. The van der Waals surface area contributed by atoms with Gasteiger partial charge in [0.25, 0.3) is 5.91 Å². The molecule has 0 radical (unpaired) electrons. The van der Waals surface area contributed by atoms with Crippen LogP contribution in [0.5, 0.6) is 11.6 Å². The number of hydrogen-bond donors (Lipinski definition) is 1. The van der Waals surface area contributed by atoms with Gasteiger partial charge in [0.05, 0.1) is 25.0 Å². The van der Waals surface area contributed by atoms with E-state index in [4.69, 9.17) is 8.92 Å². The van der Waals surface area contributed by atoms with Crippen molar-refractivity contribution in [2.75, 3.05) is 19.6 Å². The van der Waals surface area contributed by atoms with E-state index in [2.05, 4.69) is 15.3 Å². The molecule has 0 spiro atoms. The Labute approximate surface area is 179 Å². The Kier molecular flexibility index (Phi) is 5.91. The van der Waals surface area contributed by atoms with Crippen LogP contribution in [0.4, 0.5) is 0 Å². The van der Waals surface area contributed by atoms with Crippen LogP contribution >= 0.6 is 0 Å². The number of methoxy groups -OCH3 is 1. The summed E-state index contributed by atoms with van der Waals surface area (Å²) in [5.41, 5.74) is 0.816. The van der Waals surface area contributed by atoms with E-state index < -0.39 is 37.8 Å². The molecular weight excluding hydrogens is 448 g/mol. The van der Waals surface area contributed by atoms with E-state index in [1.165, 1.54) is 20.1 Å². The normalized spacial score (nSPS) is 12.0. The third-order valence-electron chi connectivity index (χ3n) is 4.11. The van der Waals surface area contributed by atoms with Crippen LogP contribution in [0.3, 0.4) is 0 Å². The maximum atomic E-state index is 12.7. The molecule has 0 saturated heterocycles. The number of nitrogens with zero attached hydrogens (tertiary/aromatic N) is 3. The van der Waals surface area contributed by atoms with E-state index in [9.17, 15) is 21.6 Å². The summed E-state index contributed by atoms with van der Waals surface area (Å²) in [5, 5.41) is 2.64. The fourth-order valence-corrected chi connectivity index (χ4v) is 4.37. The zero-order valence-electron chi connectivity index (χ0n) is 17.1. The van der Waals surface area contributed by atoms with Crippen molar-refractivity contribution < 1.29 is 30.6 Å². The Balaban J connectivity index is 2.05. The fourth-order valence-electron chi connectivity index (χ4n) is 2.92. The highest BCUT2D eigenvalue weighted by atomic mass is 32.2. The summed E-state index contributed by atoms with van der Waals surface area (Å²) in [6.07, 6.45) is 1.77. The topological polar surface area (TPSA) is 147 Å². The van der Waals surface area contributed by atoms with E-state index in [1.807, 2.05) is 0 Å². The van der Waals surface area contributed by atoms with Gasteiger partial charge >= 0.3 is 10.1 Å². The Morgan fingerprint density at radius 3 is 2.45 bits per heavy atom. The van der Waals surface area contributed by atoms with Gasteiger partial charge in [0.15, 0.2) is 5.65 Å². The van der Waals surface area contributed by atoms with Gasteiger partial charge < -0.3 is 14.2 Å². The van der Waals surface area contributed by atoms with Gasteiger partial charge in [-0.1, -0.05) is 12.1 Å². The second-order valence-corrected chi connectivity index (χ2v) is 10.1. The average Bonchev–Trinajstić information content (AvgIpc) is 3.01. The van der Waals surface area contributed by atoms with Crippen LogP contribution in [0.2, 0.25) is 0 Å². The molecule has 0 unspecified atom stereocenters. The van der Waals surface area contributed by atoms with Gasteiger partial charge in [0, 0.05) is 12.2 Å². The molecule has 3 rings (SSSR count). The number of fused-ring (bicyclic) bond motifs is 1. The highest BCUT2D eigenvalue weighted by Gasteiger charge is 2.24. The molecule has 31 heavy (non-hydrogen) atoms. The number of aryl methyl sites for hydroxylation is 1. The van der Waals surface area contributed by atoms with Crippen molar-refractivity contribution >= 4 is 37.1 Å². The average molecular weight is 469 g/mol. The monoisotopic (exact) mass is 468 g/mol.